The van der Waals surface area contributed by atoms with Crippen LogP contribution < -0.4 is 5.32 Å². The Morgan fingerprint density at radius 3 is 2.93 bits per heavy atom. The summed E-state index contributed by atoms with van der Waals surface area (Å²) in [4.78, 5) is 0. The minimum Gasteiger partial charge on any atom is -0.468 e. The summed E-state index contributed by atoms with van der Waals surface area (Å²) >= 11 is 2.09. The zero-order valence-electron chi connectivity index (χ0n) is 9.24. The lowest BCUT2D eigenvalue weighted by molar-refractivity contribution is 0.452. The fourth-order valence-electron chi connectivity index (χ4n) is 2.08. The smallest absolute Gasteiger partial charge is 0.121 e. The van der Waals surface area contributed by atoms with Gasteiger partial charge < -0.3 is 9.73 Å². The molecule has 84 valence electrons. The van der Waals surface area contributed by atoms with Crippen molar-refractivity contribution < 1.29 is 4.42 Å². The van der Waals surface area contributed by atoms with Crippen LogP contribution in [0.1, 0.15) is 37.5 Å². The molecule has 1 saturated carbocycles. The number of hydrogen-bond donors (Lipinski definition) is 1. The molecule has 1 heterocycles. The summed E-state index contributed by atoms with van der Waals surface area (Å²) in [5.41, 5.74) is 0. The Labute approximate surface area is 95.8 Å². The van der Waals surface area contributed by atoms with Crippen LogP contribution in [0.15, 0.2) is 22.8 Å². The lowest BCUT2D eigenvalue weighted by atomic mass is 10.2. The quantitative estimate of drug-likeness (QED) is 0.833. The molecule has 0 radical (unpaired) electrons. The first-order chi connectivity index (χ1) is 7.40. The van der Waals surface area contributed by atoms with E-state index in [0.717, 1.165) is 16.8 Å². The Balaban J connectivity index is 1.80. The molecule has 1 aromatic heterocycles. The molecule has 15 heavy (non-hydrogen) atoms. The van der Waals surface area contributed by atoms with Crippen LogP contribution in [-0.2, 0) is 0 Å². The molecule has 1 aliphatic carbocycles. The molecule has 1 N–H and O–H groups in total. The summed E-state index contributed by atoms with van der Waals surface area (Å²) in [5, 5.41) is 4.20. The normalized spacial score (nSPS) is 19.5. The molecule has 1 fully saturated rings. The summed E-state index contributed by atoms with van der Waals surface area (Å²) in [5.74, 6) is 2.18. The molecular weight excluding hydrogens is 206 g/mol. The maximum Gasteiger partial charge on any atom is 0.121 e. The summed E-state index contributed by atoms with van der Waals surface area (Å²) in [6, 6.07) is 4.38. The molecule has 1 unspecified atom stereocenters. The Kier molecular flexibility index (Phi) is 4.15. The van der Waals surface area contributed by atoms with Gasteiger partial charge in [-0.3, -0.25) is 0 Å². The van der Waals surface area contributed by atoms with E-state index >= 15 is 0 Å². The van der Waals surface area contributed by atoms with Gasteiger partial charge in [0.1, 0.15) is 5.76 Å². The van der Waals surface area contributed by atoms with Crippen LogP contribution in [-0.4, -0.2) is 18.1 Å². The predicted octanol–water partition coefficient (Wildman–Crippen LogP) is 3.22. The lowest BCUT2D eigenvalue weighted by Crippen LogP contribution is -2.19. The molecule has 1 atom stereocenters. The second-order valence-corrected chi connectivity index (χ2v) is 5.43. The fraction of sp³-hybridized carbons (Fsp3) is 0.667. The average Bonchev–Trinajstić information content (AvgIpc) is 2.90. The number of hydrogen-bond acceptors (Lipinski definition) is 3. The third-order valence-corrected chi connectivity index (χ3v) is 4.50. The molecule has 1 aromatic rings. The third kappa shape index (κ3) is 3.02. The second-order valence-electron chi connectivity index (χ2n) is 4.10. The van der Waals surface area contributed by atoms with Crippen molar-refractivity contribution in [3.8, 4) is 0 Å². The topological polar surface area (TPSA) is 25.2 Å². The van der Waals surface area contributed by atoms with Crippen LogP contribution in [0.2, 0.25) is 0 Å². The molecule has 3 heteroatoms. The highest BCUT2D eigenvalue weighted by molar-refractivity contribution is 7.99. The van der Waals surface area contributed by atoms with Crippen molar-refractivity contribution >= 4 is 11.8 Å². The number of nitrogens with one attached hydrogen (secondary N) is 1. The maximum absolute atomic E-state index is 5.43. The van der Waals surface area contributed by atoms with E-state index in [1.807, 2.05) is 13.1 Å². The first kappa shape index (κ1) is 11.1. The Hall–Kier alpha value is -0.410. The van der Waals surface area contributed by atoms with Gasteiger partial charge in [0.15, 0.2) is 0 Å². The molecule has 0 amide bonds. The third-order valence-electron chi connectivity index (χ3n) is 3.04. The van der Waals surface area contributed by atoms with Gasteiger partial charge in [-0.1, -0.05) is 12.8 Å². The largest absolute Gasteiger partial charge is 0.468 e. The zero-order chi connectivity index (χ0) is 10.5. The maximum atomic E-state index is 5.43. The highest BCUT2D eigenvalue weighted by Crippen LogP contribution is 2.31. The monoisotopic (exact) mass is 225 g/mol. The first-order valence-corrected chi connectivity index (χ1v) is 6.77. The molecule has 0 spiro atoms. The molecule has 0 bridgehead atoms. The van der Waals surface area contributed by atoms with E-state index in [2.05, 4.69) is 23.1 Å². The lowest BCUT2D eigenvalue weighted by Gasteiger charge is -2.15. The van der Waals surface area contributed by atoms with Gasteiger partial charge in [0.25, 0.3) is 0 Å². The number of rotatable bonds is 5. The SMILES string of the molecule is CNC(CSC1CCCC1)c1ccco1. The summed E-state index contributed by atoms with van der Waals surface area (Å²) in [6.45, 7) is 0. The molecular formula is C12H19NOS. The van der Waals surface area contributed by atoms with Crippen molar-refractivity contribution in [2.45, 2.75) is 37.0 Å². The van der Waals surface area contributed by atoms with E-state index in [-0.39, 0.29) is 0 Å². The van der Waals surface area contributed by atoms with Crippen LogP contribution >= 0.6 is 11.8 Å². The summed E-state index contributed by atoms with van der Waals surface area (Å²) in [7, 11) is 2.00. The molecule has 2 nitrogen and oxygen atoms in total. The zero-order valence-corrected chi connectivity index (χ0v) is 10.1. The average molecular weight is 225 g/mol. The predicted molar refractivity (Wildman–Crippen MR) is 65.2 cm³/mol. The van der Waals surface area contributed by atoms with Crippen molar-refractivity contribution in [2.75, 3.05) is 12.8 Å². The van der Waals surface area contributed by atoms with Gasteiger partial charge >= 0.3 is 0 Å². The van der Waals surface area contributed by atoms with Crippen molar-refractivity contribution in [3.63, 3.8) is 0 Å². The van der Waals surface area contributed by atoms with E-state index in [1.165, 1.54) is 25.7 Å². The van der Waals surface area contributed by atoms with E-state index in [4.69, 9.17) is 4.42 Å². The summed E-state index contributed by atoms with van der Waals surface area (Å²) < 4.78 is 5.43. The van der Waals surface area contributed by atoms with E-state index < -0.39 is 0 Å². The Morgan fingerprint density at radius 2 is 2.33 bits per heavy atom. The number of thioether (sulfide) groups is 1. The van der Waals surface area contributed by atoms with E-state index in [1.54, 1.807) is 6.26 Å². The van der Waals surface area contributed by atoms with Gasteiger partial charge in [-0.25, -0.2) is 0 Å². The minimum absolute atomic E-state index is 0.366. The van der Waals surface area contributed by atoms with Crippen LogP contribution in [0.3, 0.4) is 0 Å². The van der Waals surface area contributed by atoms with Crippen LogP contribution in [0.25, 0.3) is 0 Å². The van der Waals surface area contributed by atoms with Gasteiger partial charge in [-0.2, -0.15) is 11.8 Å². The van der Waals surface area contributed by atoms with Crippen molar-refractivity contribution in [3.05, 3.63) is 24.2 Å². The van der Waals surface area contributed by atoms with Gasteiger partial charge in [0.2, 0.25) is 0 Å². The fourth-order valence-corrected chi connectivity index (χ4v) is 3.55. The molecule has 2 rings (SSSR count). The van der Waals surface area contributed by atoms with Gasteiger partial charge in [0.05, 0.1) is 12.3 Å². The van der Waals surface area contributed by atoms with E-state index in [0.29, 0.717) is 6.04 Å². The standard InChI is InChI=1S/C12H19NOS/c1-13-11(12-7-4-8-14-12)9-15-10-5-2-3-6-10/h4,7-8,10-11,13H,2-3,5-6,9H2,1H3. The highest BCUT2D eigenvalue weighted by Gasteiger charge is 2.18. The van der Waals surface area contributed by atoms with Gasteiger partial charge in [-0.15, -0.1) is 0 Å². The molecule has 0 saturated heterocycles. The number of furan rings is 1. The van der Waals surface area contributed by atoms with Gasteiger partial charge in [-0.05, 0) is 32.0 Å². The molecule has 0 aromatic carbocycles. The van der Waals surface area contributed by atoms with Crippen molar-refractivity contribution in [1.29, 1.82) is 0 Å². The van der Waals surface area contributed by atoms with Crippen molar-refractivity contribution in [1.82, 2.24) is 5.32 Å². The minimum atomic E-state index is 0.366. The van der Waals surface area contributed by atoms with Crippen LogP contribution in [0.4, 0.5) is 0 Å². The van der Waals surface area contributed by atoms with Crippen LogP contribution in [0, 0.1) is 0 Å². The first-order valence-electron chi connectivity index (χ1n) is 5.72. The van der Waals surface area contributed by atoms with Crippen molar-refractivity contribution in [2.24, 2.45) is 0 Å². The second kappa shape index (κ2) is 5.61. The highest BCUT2D eigenvalue weighted by atomic mass is 32.2. The molecule has 1 aliphatic rings. The summed E-state index contributed by atoms with van der Waals surface area (Å²) in [6.07, 6.45) is 7.39. The Bertz CT molecular complexity index is 267. The van der Waals surface area contributed by atoms with Crippen LogP contribution in [0.5, 0.6) is 0 Å². The van der Waals surface area contributed by atoms with Gasteiger partial charge in [0, 0.05) is 11.0 Å². The van der Waals surface area contributed by atoms with E-state index in [9.17, 15) is 0 Å². The molecule has 0 aliphatic heterocycles. The Morgan fingerprint density at radius 1 is 1.53 bits per heavy atom.